The number of aryl methyl sites for hydroxylation is 1. The minimum Gasteiger partial charge on any atom is -0.497 e. The van der Waals surface area contributed by atoms with Crippen LogP contribution in [0.5, 0.6) is 11.5 Å². The van der Waals surface area contributed by atoms with E-state index in [-0.39, 0.29) is 0 Å². The van der Waals surface area contributed by atoms with Gasteiger partial charge in [-0.25, -0.2) is 4.98 Å². The molecule has 0 aliphatic heterocycles. The number of hydrogen-bond acceptors (Lipinski definition) is 4. The van der Waals surface area contributed by atoms with Crippen LogP contribution in [0.25, 0.3) is 11.4 Å². The van der Waals surface area contributed by atoms with Gasteiger partial charge in [0.1, 0.15) is 17.3 Å². The Labute approximate surface area is 112 Å². The highest BCUT2D eigenvalue weighted by molar-refractivity contribution is 5.66. The molecule has 0 unspecified atom stereocenters. The lowest BCUT2D eigenvalue weighted by Gasteiger charge is -2.10. The second-order valence-corrected chi connectivity index (χ2v) is 4.07. The van der Waals surface area contributed by atoms with Crippen LogP contribution in [0.4, 0.5) is 0 Å². The first-order chi connectivity index (χ1) is 9.19. The molecule has 5 heteroatoms. The summed E-state index contributed by atoms with van der Waals surface area (Å²) in [6, 6.07) is 7.67. The Morgan fingerprint density at radius 2 is 2.11 bits per heavy atom. The Bertz CT molecular complexity index is 626. The van der Waals surface area contributed by atoms with Crippen LogP contribution in [0.2, 0.25) is 0 Å². The van der Waals surface area contributed by atoms with Crippen molar-refractivity contribution in [3.05, 3.63) is 30.1 Å². The van der Waals surface area contributed by atoms with E-state index in [2.05, 4.69) is 11.1 Å². The maximum Gasteiger partial charge on any atom is 0.143 e. The third-order valence-electron chi connectivity index (χ3n) is 2.84. The maximum absolute atomic E-state index is 8.72. The summed E-state index contributed by atoms with van der Waals surface area (Å²) in [7, 11) is 5.12. The predicted octanol–water partition coefficient (Wildman–Crippen LogP) is 2.17. The van der Waals surface area contributed by atoms with Gasteiger partial charge in [0.2, 0.25) is 0 Å². The van der Waals surface area contributed by atoms with Crippen LogP contribution in [-0.2, 0) is 13.5 Å². The summed E-state index contributed by atoms with van der Waals surface area (Å²) in [5.74, 6) is 2.19. The van der Waals surface area contributed by atoms with Crippen LogP contribution < -0.4 is 9.47 Å². The quantitative estimate of drug-likeness (QED) is 0.842. The minimum atomic E-state index is 0.298. The Kier molecular flexibility index (Phi) is 3.71. The molecule has 2 rings (SSSR count). The molecule has 19 heavy (non-hydrogen) atoms. The van der Waals surface area contributed by atoms with E-state index in [1.807, 2.05) is 36.0 Å². The number of methoxy groups -OCH3 is 2. The molecule has 0 bridgehead atoms. The summed E-state index contributed by atoms with van der Waals surface area (Å²) in [4.78, 5) is 4.45. The number of nitrogens with zero attached hydrogens (tertiary/aromatic N) is 3. The Morgan fingerprint density at radius 1 is 1.32 bits per heavy atom. The fourth-order valence-electron chi connectivity index (χ4n) is 1.93. The summed E-state index contributed by atoms with van der Waals surface area (Å²) >= 11 is 0. The third kappa shape index (κ3) is 2.52. The number of imidazole rings is 1. The molecule has 1 aromatic heterocycles. The molecule has 0 radical (unpaired) electrons. The highest BCUT2D eigenvalue weighted by Crippen LogP contribution is 2.32. The van der Waals surface area contributed by atoms with E-state index < -0.39 is 0 Å². The van der Waals surface area contributed by atoms with E-state index in [0.717, 1.165) is 22.8 Å². The molecular weight excluding hydrogens is 242 g/mol. The molecule has 0 spiro atoms. The number of aromatic nitrogens is 2. The Balaban J connectivity index is 2.49. The molecule has 0 aliphatic rings. The van der Waals surface area contributed by atoms with Gasteiger partial charge in [0.05, 0.1) is 38.0 Å². The van der Waals surface area contributed by atoms with Gasteiger partial charge >= 0.3 is 0 Å². The van der Waals surface area contributed by atoms with Gasteiger partial charge in [-0.3, -0.25) is 0 Å². The lowest BCUT2D eigenvalue weighted by molar-refractivity contribution is 0.395. The molecule has 0 aliphatic carbocycles. The summed E-state index contributed by atoms with van der Waals surface area (Å²) in [5, 5.41) is 8.72. The molecule has 1 aromatic carbocycles. The monoisotopic (exact) mass is 257 g/mol. The van der Waals surface area contributed by atoms with Gasteiger partial charge in [-0.2, -0.15) is 5.26 Å². The SMILES string of the molecule is COc1ccc(-c2nc(CC#N)cn2C)c(OC)c1. The van der Waals surface area contributed by atoms with Gasteiger partial charge in [-0.15, -0.1) is 0 Å². The third-order valence-corrected chi connectivity index (χ3v) is 2.84. The van der Waals surface area contributed by atoms with Crippen LogP contribution in [0.1, 0.15) is 5.69 Å². The van der Waals surface area contributed by atoms with Crippen molar-refractivity contribution in [2.24, 2.45) is 7.05 Å². The zero-order chi connectivity index (χ0) is 13.8. The molecule has 1 heterocycles. The molecule has 0 atom stereocenters. The van der Waals surface area contributed by atoms with Crippen LogP contribution >= 0.6 is 0 Å². The fourth-order valence-corrected chi connectivity index (χ4v) is 1.93. The van der Waals surface area contributed by atoms with E-state index in [0.29, 0.717) is 12.2 Å². The van der Waals surface area contributed by atoms with Crippen LogP contribution in [0, 0.1) is 11.3 Å². The molecule has 0 fully saturated rings. The largest absolute Gasteiger partial charge is 0.497 e. The standard InChI is InChI=1S/C14H15N3O2/c1-17-9-10(6-7-15)16-14(17)12-5-4-11(18-2)8-13(12)19-3/h4-5,8-9H,6H2,1-3H3. The van der Waals surface area contributed by atoms with Gasteiger partial charge in [-0.05, 0) is 12.1 Å². The molecule has 5 nitrogen and oxygen atoms in total. The average Bonchev–Trinajstić information content (AvgIpc) is 2.79. The zero-order valence-electron chi connectivity index (χ0n) is 11.2. The Hall–Kier alpha value is -2.48. The maximum atomic E-state index is 8.72. The van der Waals surface area contributed by atoms with E-state index in [1.165, 1.54) is 0 Å². The number of rotatable bonds is 4. The van der Waals surface area contributed by atoms with Gasteiger partial charge in [-0.1, -0.05) is 0 Å². The number of nitriles is 1. The lowest BCUT2D eigenvalue weighted by atomic mass is 10.2. The predicted molar refractivity (Wildman–Crippen MR) is 71.1 cm³/mol. The van der Waals surface area contributed by atoms with E-state index >= 15 is 0 Å². The molecular formula is C14H15N3O2. The Morgan fingerprint density at radius 3 is 2.74 bits per heavy atom. The normalized spacial score (nSPS) is 10.0. The first-order valence-electron chi connectivity index (χ1n) is 5.81. The van der Waals surface area contributed by atoms with Gasteiger partial charge in [0, 0.05) is 19.3 Å². The van der Waals surface area contributed by atoms with Crippen molar-refractivity contribution in [3.8, 4) is 29.0 Å². The first-order valence-corrected chi connectivity index (χ1v) is 5.81. The first kappa shape index (κ1) is 13.0. The number of hydrogen-bond donors (Lipinski definition) is 0. The smallest absolute Gasteiger partial charge is 0.143 e. The number of ether oxygens (including phenoxy) is 2. The second-order valence-electron chi connectivity index (χ2n) is 4.07. The van der Waals surface area contributed by atoms with E-state index in [1.54, 1.807) is 14.2 Å². The summed E-state index contributed by atoms with van der Waals surface area (Å²) < 4.78 is 12.4. The summed E-state index contributed by atoms with van der Waals surface area (Å²) in [6.45, 7) is 0. The average molecular weight is 257 g/mol. The van der Waals surface area contributed by atoms with Crippen LogP contribution in [-0.4, -0.2) is 23.8 Å². The molecule has 0 saturated heterocycles. The highest BCUT2D eigenvalue weighted by atomic mass is 16.5. The molecule has 0 amide bonds. The lowest BCUT2D eigenvalue weighted by Crippen LogP contribution is -1.95. The van der Waals surface area contributed by atoms with Crippen molar-refractivity contribution in [3.63, 3.8) is 0 Å². The fraction of sp³-hybridized carbons (Fsp3) is 0.286. The van der Waals surface area contributed by atoms with Gasteiger partial charge < -0.3 is 14.0 Å². The van der Waals surface area contributed by atoms with Gasteiger partial charge in [0.15, 0.2) is 0 Å². The van der Waals surface area contributed by atoms with Crippen molar-refractivity contribution < 1.29 is 9.47 Å². The van der Waals surface area contributed by atoms with Crippen molar-refractivity contribution in [1.82, 2.24) is 9.55 Å². The van der Waals surface area contributed by atoms with E-state index in [9.17, 15) is 0 Å². The van der Waals surface area contributed by atoms with Crippen LogP contribution in [0.15, 0.2) is 24.4 Å². The van der Waals surface area contributed by atoms with E-state index in [4.69, 9.17) is 14.7 Å². The zero-order valence-corrected chi connectivity index (χ0v) is 11.2. The summed E-state index contributed by atoms with van der Waals surface area (Å²) in [5.41, 5.74) is 1.62. The molecule has 2 aromatic rings. The van der Waals surface area contributed by atoms with Gasteiger partial charge in [0.25, 0.3) is 0 Å². The number of benzene rings is 1. The molecule has 0 N–H and O–H groups in total. The molecule has 98 valence electrons. The van der Waals surface area contributed by atoms with Crippen molar-refractivity contribution >= 4 is 0 Å². The topological polar surface area (TPSA) is 60.1 Å². The highest BCUT2D eigenvalue weighted by Gasteiger charge is 2.13. The molecule has 0 saturated carbocycles. The summed E-state index contributed by atoms with van der Waals surface area (Å²) in [6.07, 6.45) is 2.15. The van der Waals surface area contributed by atoms with Crippen molar-refractivity contribution in [2.75, 3.05) is 14.2 Å². The minimum absolute atomic E-state index is 0.298. The van der Waals surface area contributed by atoms with Crippen molar-refractivity contribution in [1.29, 1.82) is 5.26 Å². The van der Waals surface area contributed by atoms with Crippen LogP contribution in [0.3, 0.4) is 0 Å². The van der Waals surface area contributed by atoms with Crippen molar-refractivity contribution in [2.45, 2.75) is 6.42 Å². The second kappa shape index (κ2) is 5.44.